The predicted molar refractivity (Wildman–Crippen MR) is 42.5 cm³/mol. The molecule has 0 saturated carbocycles. The van der Waals surface area contributed by atoms with Crippen LogP contribution in [0.4, 0.5) is 0 Å². The first-order chi connectivity index (χ1) is 5.66. The molecule has 0 fully saturated rings. The van der Waals surface area contributed by atoms with Crippen molar-refractivity contribution in [2.75, 3.05) is 0 Å². The second kappa shape index (κ2) is 3.13. The largest absolute Gasteiger partial charge is 0.328 e. The summed E-state index contributed by atoms with van der Waals surface area (Å²) < 4.78 is 0. The molecule has 0 radical (unpaired) electrons. The van der Waals surface area contributed by atoms with Gasteiger partial charge in [-0.1, -0.05) is 0 Å². The lowest BCUT2D eigenvalue weighted by Crippen LogP contribution is -2.15. The number of pyridine rings is 1. The minimum Gasteiger partial charge on any atom is -0.328 e. The van der Waals surface area contributed by atoms with Crippen LogP contribution in [0.2, 0.25) is 0 Å². The monoisotopic (exact) mass is 165 g/mol. The highest BCUT2D eigenvalue weighted by Gasteiger charge is 2.08. The van der Waals surface area contributed by atoms with E-state index >= 15 is 0 Å². The Morgan fingerprint density at radius 3 is 2.67 bits per heavy atom. The van der Waals surface area contributed by atoms with Crippen LogP contribution in [0.15, 0.2) is 17.1 Å². The van der Waals surface area contributed by atoms with Crippen LogP contribution >= 0.6 is 0 Å². The van der Waals surface area contributed by atoms with Crippen molar-refractivity contribution >= 4 is 12.1 Å². The highest BCUT2D eigenvalue weighted by molar-refractivity contribution is 6.00. The molecule has 0 atom stereocenters. The highest BCUT2D eigenvalue weighted by atomic mass is 16.1. The number of ketones is 1. The standard InChI is InChI=1S/C8H7NO3/c1-5(11)6-2-3-9-8(12)7(6)4-10/h2-4H,1H3,(H,9,12). The molecule has 1 aromatic heterocycles. The second-order valence-electron chi connectivity index (χ2n) is 2.31. The maximum Gasteiger partial charge on any atom is 0.259 e. The molecule has 0 aliphatic carbocycles. The Kier molecular flexibility index (Phi) is 2.19. The zero-order valence-corrected chi connectivity index (χ0v) is 6.46. The fourth-order valence-electron chi connectivity index (χ4n) is 0.915. The minimum absolute atomic E-state index is 0.106. The quantitative estimate of drug-likeness (QED) is 0.509. The lowest BCUT2D eigenvalue weighted by molar-refractivity contribution is 0.100. The van der Waals surface area contributed by atoms with Crippen molar-refractivity contribution in [3.63, 3.8) is 0 Å². The molecule has 4 nitrogen and oxygen atoms in total. The van der Waals surface area contributed by atoms with Gasteiger partial charge < -0.3 is 4.98 Å². The van der Waals surface area contributed by atoms with Crippen LogP contribution < -0.4 is 5.56 Å². The Morgan fingerprint density at radius 2 is 2.25 bits per heavy atom. The molecular formula is C8H7NO3. The zero-order valence-electron chi connectivity index (χ0n) is 6.46. The number of rotatable bonds is 2. The van der Waals surface area contributed by atoms with E-state index in [0.29, 0.717) is 6.29 Å². The third-order valence-corrected chi connectivity index (χ3v) is 1.50. The number of hydrogen-bond donors (Lipinski definition) is 1. The molecule has 4 heteroatoms. The van der Waals surface area contributed by atoms with Gasteiger partial charge in [0.2, 0.25) is 0 Å². The molecule has 0 amide bonds. The van der Waals surface area contributed by atoms with E-state index in [1.54, 1.807) is 0 Å². The third-order valence-electron chi connectivity index (χ3n) is 1.50. The molecule has 12 heavy (non-hydrogen) atoms. The zero-order chi connectivity index (χ0) is 9.14. The van der Waals surface area contributed by atoms with E-state index in [1.807, 2.05) is 0 Å². The van der Waals surface area contributed by atoms with Crippen LogP contribution in [0.5, 0.6) is 0 Å². The molecule has 0 aromatic carbocycles. The first-order valence-electron chi connectivity index (χ1n) is 3.34. The molecule has 0 aliphatic heterocycles. The summed E-state index contributed by atoms with van der Waals surface area (Å²) in [7, 11) is 0. The molecule has 0 saturated heterocycles. The Hall–Kier alpha value is -1.71. The molecule has 0 aliphatic rings. The maximum absolute atomic E-state index is 10.9. The minimum atomic E-state index is -0.530. The molecule has 1 rings (SSSR count). The Balaban J connectivity index is 3.48. The maximum atomic E-state index is 10.9. The Morgan fingerprint density at radius 1 is 1.58 bits per heavy atom. The first kappa shape index (κ1) is 8.39. The van der Waals surface area contributed by atoms with Crippen molar-refractivity contribution in [3.05, 3.63) is 33.7 Å². The molecule has 1 N–H and O–H groups in total. The molecule has 62 valence electrons. The summed E-state index contributed by atoms with van der Waals surface area (Å²) in [5.74, 6) is -0.289. The summed E-state index contributed by atoms with van der Waals surface area (Å²) in [5, 5.41) is 0. The summed E-state index contributed by atoms with van der Waals surface area (Å²) in [6.45, 7) is 1.31. The number of aromatic amines is 1. The smallest absolute Gasteiger partial charge is 0.259 e. The van der Waals surface area contributed by atoms with E-state index in [1.165, 1.54) is 19.2 Å². The van der Waals surface area contributed by atoms with E-state index in [4.69, 9.17) is 0 Å². The Bertz CT molecular complexity index is 378. The van der Waals surface area contributed by atoms with Gasteiger partial charge in [-0.05, 0) is 13.0 Å². The molecule has 0 bridgehead atoms. The summed E-state index contributed by atoms with van der Waals surface area (Å²) in [5.41, 5.74) is -0.476. The first-order valence-corrected chi connectivity index (χ1v) is 3.34. The summed E-state index contributed by atoms with van der Waals surface area (Å²) in [6.07, 6.45) is 1.72. The van der Waals surface area contributed by atoms with Gasteiger partial charge in [-0.3, -0.25) is 14.4 Å². The lowest BCUT2D eigenvalue weighted by atomic mass is 10.1. The Labute approximate surface area is 68.2 Å². The predicted octanol–water partition coefficient (Wildman–Crippen LogP) is 0.390. The lowest BCUT2D eigenvalue weighted by Gasteiger charge is -1.96. The second-order valence-corrected chi connectivity index (χ2v) is 2.31. The molecule has 1 heterocycles. The van der Waals surface area contributed by atoms with E-state index in [-0.39, 0.29) is 16.9 Å². The van der Waals surface area contributed by atoms with Gasteiger partial charge in [0.15, 0.2) is 12.1 Å². The summed E-state index contributed by atoms with van der Waals surface area (Å²) in [6, 6.07) is 1.41. The van der Waals surface area contributed by atoms with Gasteiger partial charge in [0, 0.05) is 11.8 Å². The number of Topliss-reactive ketones (excluding diaryl/α,β-unsaturated/α-hetero) is 1. The van der Waals surface area contributed by atoms with Crippen LogP contribution in [0.25, 0.3) is 0 Å². The van der Waals surface area contributed by atoms with Crippen molar-refractivity contribution < 1.29 is 9.59 Å². The summed E-state index contributed by atoms with van der Waals surface area (Å²) in [4.78, 5) is 34.5. The van der Waals surface area contributed by atoms with Crippen LogP contribution in [-0.2, 0) is 0 Å². The van der Waals surface area contributed by atoms with Crippen molar-refractivity contribution in [2.24, 2.45) is 0 Å². The third kappa shape index (κ3) is 1.32. The fraction of sp³-hybridized carbons (Fsp3) is 0.125. The normalized spacial score (nSPS) is 9.42. The van der Waals surface area contributed by atoms with Crippen LogP contribution in [-0.4, -0.2) is 17.1 Å². The SMILES string of the molecule is CC(=O)c1cc[nH]c(=O)c1C=O. The highest BCUT2D eigenvalue weighted by Crippen LogP contribution is 2.00. The number of nitrogens with one attached hydrogen (secondary N) is 1. The fourth-order valence-corrected chi connectivity index (χ4v) is 0.915. The van der Waals surface area contributed by atoms with Gasteiger partial charge in [-0.25, -0.2) is 0 Å². The van der Waals surface area contributed by atoms with Crippen LogP contribution in [0.3, 0.4) is 0 Å². The van der Waals surface area contributed by atoms with Gasteiger partial charge in [0.1, 0.15) is 0 Å². The topological polar surface area (TPSA) is 67.0 Å². The van der Waals surface area contributed by atoms with Crippen molar-refractivity contribution in [1.82, 2.24) is 4.98 Å². The van der Waals surface area contributed by atoms with Crippen molar-refractivity contribution in [3.8, 4) is 0 Å². The van der Waals surface area contributed by atoms with E-state index < -0.39 is 5.56 Å². The van der Waals surface area contributed by atoms with Crippen molar-refractivity contribution in [2.45, 2.75) is 6.92 Å². The van der Waals surface area contributed by atoms with E-state index in [9.17, 15) is 14.4 Å². The average Bonchev–Trinajstić information content (AvgIpc) is 2.03. The number of carbonyl (C=O) groups excluding carboxylic acids is 2. The van der Waals surface area contributed by atoms with Crippen LogP contribution in [0, 0.1) is 0 Å². The number of aromatic nitrogens is 1. The van der Waals surface area contributed by atoms with E-state index in [0.717, 1.165) is 0 Å². The van der Waals surface area contributed by atoms with Gasteiger partial charge >= 0.3 is 0 Å². The van der Waals surface area contributed by atoms with Gasteiger partial charge in [-0.2, -0.15) is 0 Å². The number of aldehydes is 1. The summed E-state index contributed by atoms with van der Waals surface area (Å²) >= 11 is 0. The van der Waals surface area contributed by atoms with Gasteiger partial charge in [-0.15, -0.1) is 0 Å². The molecule has 0 spiro atoms. The van der Waals surface area contributed by atoms with Crippen LogP contribution in [0.1, 0.15) is 27.6 Å². The average molecular weight is 165 g/mol. The van der Waals surface area contributed by atoms with Crippen molar-refractivity contribution in [1.29, 1.82) is 0 Å². The van der Waals surface area contributed by atoms with E-state index in [2.05, 4.69) is 4.98 Å². The molecular weight excluding hydrogens is 158 g/mol. The number of carbonyl (C=O) groups is 2. The van der Waals surface area contributed by atoms with Gasteiger partial charge in [0.25, 0.3) is 5.56 Å². The number of H-pyrrole nitrogens is 1. The molecule has 0 unspecified atom stereocenters. The number of hydrogen-bond acceptors (Lipinski definition) is 3. The van der Waals surface area contributed by atoms with Gasteiger partial charge in [0.05, 0.1) is 5.56 Å². The molecule has 1 aromatic rings.